The van der Waals surface area contributed by atoms with Gasteiger partial charge in [-0.05, 0) is 55.3 Å². The van der Waals surface area contributed by atoms with Crippen LogP contribution >= 0.6 is 11.6 Å². The average Bonchev–Trinajstić information content (AvgIpc) is 3.06. The van der Waals surface area contributed by atoms with Gasteiger partial charge >= 0.3 is 0 Å². The second kappa shape index (κ2) is 7.62. The van der Waals surface area contributed by atoms with E-state index in [4.69, 9.17) is 20.8 Å². The third-order valence-corrected chi connectivity index (χ3v) is 4.16. The van der Waals surface area contributed by atoms with Gasteiger partial charge in [0, 0.05) is 5.69 Å². The number of benzene rings is 2. The van der Waals surface area contributed by atoms with Gasteiger partial charge in [0.1, 0.15) is 23.9 Å². The molecular weight excluding hydrogens is 357 g/mol. The second-order valence-corrected chi connectivity index (χ2v) is 6.26. The summed E-state index contributed by atoms with van der Waals surface area (Å²) in [5, 5.41) is 3.03. The molecule has 2 aromatic carbocycles. The third-order valence-electron chi connectivity index (χ3n) is 3.87. The maximum atomic E-state index is 13.0. The topological polar surface area (TPSA) is 51.5 Å². The van der Waals surface area contributed by atoms with Crippen LogP contribution in [0.1, 0.15) is 27.4 Å². The Morgan fingerprint density at radius 2 is 1.88 bits per heavy atom. The fourth-order valence-electron chi connectivity index (χ4n) is 2.51. The van der Waals surface area contributed by atoms with Crippen LogP contribution in [0.2, 0.25) is 5.02 Å². The van der Waals surface area contributed by atoms with Gasteiger partial charge in [-0.25, -0.2) is 4.39 Å². The SMILES string of the molecule is Cc1cccc(C)c1NC(=O)c1ccc(COc2ccc(F)cc2Cl)o1. The Hall–Kier alpha value is -2.79. The van der Waals surface area contributed by atoms with Gasteiger partial charge in [-0.1, -0.05) is 29.8 Å². The number of amides is 1. The third kappa shape index (κ3) is 4.06. The maximum Gasteiger partial charge on any atom is 0.291 e. The molecule has 26 heavy (non-hydrogen) atoms. The molecule has 134 valence electrons. The quantitative estimate of drug-likeness (QED) is 0.640. The van der Waals surface area contributed by atoms with Gasteiger partial charge in [0.05, 0.1) is 5.02 Å². The van der Waals surface area contributed by atoms with Crippen molar-refractivity contribution in [2.24, 2.45) is 0 Å². The predicted octanol–water partition coefficient (Wildman–Crippen LogP) is 5.52. The maximum absolute atomic E-state index is 13.0. The minimum atomic E-state index is -0.439. The Bertz CT molecular complexity index is 932. The first-order chi connectivity index (χ1) is 12.4. The number of furan rings is 1. The zero-order chi connectivity index (χ0) is 18.7. The van der Waals surface area contributed by atoms with Crippen LogP contribution in [0, 0.1) is 19.7 Å². The fraction of sp³-hybridized carbons (Fsp3) is 0.150. The molecule has 0 spiro atoms. The van der Waals surface area contributed by atoms with Gasteiger partial charge in [-0.15, -0.1) is 0 Å². The summed E-state index contributed by atoms with van der Waals surface area (Å²) in [5.74, 6) is 0.193. The van der Waals surface area contributed by atoms with Crippen LogP contribution in [0.15, 0.2) is 52.9 Å². The number of para-hydroxylation sites is 1. The van der Waals surface area contributed by atoms with E-state index < -0.39 is 5.82 Å². The molecule has 0 aliphatic heterocycles. The van der Waals surface area contributed by atoms with E-state index in [1.165, 1.54) is 18.2 Å². The monoisotopic (exact) mass is 373 g/mol. The van der Waals surface area contributed by atoms with Crippen LogP contribution < -0.4 is 10.1 Å². The first-order valence-electron chi connectivity index (χ1n) is 7.98. The Morgan fingerprint density at radius 3 is 2.58 bits per heavy atom. The summed E-state index contributed by atoms with van der Waals surface area (Å²) in [4.78, 5) is 12.4. The minimum Gasteiger partial charge on any atom is -0.484 e. The van der Waals surface area contributed by atoms with Gasteiger partial charge in [0.2, 0.25) is 0 Å². The number of nitrogens with one attached hydrogen (secondary N) is 1. The zero-order valence-electron chi connectivity index (χ0n) is 14.3. The highest BCUT2D eigenvalue weighted by molar-refractivity contribution is 6.32. The number of aryl methyl sites for hydroxylation is 2. The van der Waals surface area contributed by atoms with E-state index in [9.17, 15) is 9.18 Å². The highest BCUT2D eigenvalue weighted by Gasteiger charge is 2.14. The Kier molecular flexibility index (Phi) is 5.28. The molecular formula is C20H17ClFNO3. The summed E-state index contributed by atoms with van der Waals surface area (Å²) in [6.45, 7) is 3.93. The van der Waals surface area contributed by atoms with Crippen molar-refractivity contribution in [3.05, 3.63) is 82.0 Å². The van der Waals surface area contributed by atoms with Crippen molar-refractivity contribution in [1.29, 1.82) is 0 Å². The molecule has 0 aliphatic rings. The molecule has 1 N–H and O–H groups in total. The normalized spacial score (nSPS) is 10.6. The molecule has 0 radical (unpaired) electrons. The van der Waals surface area contributed by atoms with Crippen molar-refractivity contribution in [3.63, 3.8) is 0 Å². The van der Waals surface area contributed by atoms with Crippen molar-refractivity contribution >= 4 is 23.2 Å². The molecule has 6 heteroatoms. The fourth-order valence-corrected chi connectivity index (χ4v) is 2.73. The molecule has 4 nitrogen and oxygen atoms in total. The Labute approximate surface area is 155 Å². The van der Waals surface area contributed by atoms with E-state index in [1.807, 2.05) is 32.0 Å². The van der Waals surface area contributed by atoms with Crippen LogP contribution in [0.3, 0.4) is 0 Å². The number of rotatable bonds is 5. The standard InChI is InChI=1S/C20H17ClFNO3/c1-12-4-3-5-13(2)19(12)23-20(24)18-9-7-15(26-18)11-25-17-8-6-14(22)10-16(17)21/h3-10H,11H2,1-2H3,(H,23,24). The number of hydrogen-bond donors (Lipinski definition) is 1. The molecule has 0 saturated heterocycles. The Morgan fingerprint density at radius 1 is 1.15 bits per heavy atom. The number of hydrogen-bond acceptors (Lipinski definition) is 3. The lowest BCUT2D eigenvalue weighted by Crippen LogP contribution is -2.13. The van der Waals surface area contributed by atoms with E-state index >= 15 is 0 Å². The zero-order valence-corrected chi connectivity index (χ0v) is 15.1. The molecule has 1 heterocycles. The first-order valence-corrected chi connectivity index (χ1v) is 8.36. The van der Waals surface area contributed by atoms with E-state index in [0.717, 1.165) is 16.8 Å². The van der Waals surface area contributed by atoms with Crippen LogP contribution in [0.5, 0.6) is 5.75 Å². The lowest BCUT2D eigenvalue weighted by atomic mass is 10.1. The molecule has 3 rings (SSSR count). The number of carbonyl (C=O) groups excluding carboxylic acids is 1. The smallest absolute Gasteiger partial charge is 0.291 e. The summed E-state index contributed by atoms with van der Waals surface area (Å²) >= 11 is 5.91. The van der Waals surface area contributed by atoms with Crippen molar-refractivity contribution in [2.45, 2.75) is 20.5 Å². The average molecular weight is 374 g/mol. The van der Waals surface area contributed by atoms with Crippen LogP contribution in [-0.4, -0.2) is 5.91 Å². The molecule has 0 atom stereocenters. The molecule has 0 saturated carbocycles. The molecule has 0 bridgehead atoms. The Balaban J connectivity index is 1.66. The molecule has 3 aromatic rings. The van der Waals surface area contributed by atoms with E-state index in [2.05, 4.69) is 5.32 Å². The molecule has 0 aliphatic carbocycles. The van der Waals surface area contributed by atoms with Crippen LogP contribution in [-0.2, 0) is 6.61 Å². The number of carbonyl (C=O) groups is 1. The molecule has 0 unspecified atom stereocenters. The van der Waals surface area contributed by atoms with Gasteiger partial charge < -0.3 is 14.5 Å². The van der Waals surface area contributed by atoms with E-state index in [1.54, 1.807) is 12.1 Å². The van der Waals surface area contributed by atoms with Crippen molar-refractivity contribution < 1.29 is 18.3 Å². The summed E-state index contributed by atoms with van der Waals surface area (Å²) < 4.78 is 24.1. The first kappa shape index (κ1) is 18.0. The largest absolute Gasteiger partial charge is 0.484 e. The second-order valence-electron chi connectivity index (χ2n) is 5.85. The number of halogens is 2. The predicted molar refractivity (Wildman–Crippen MR) is 98.3 cm³/mol. The molecule has 1 aromatic heterocycles. The van der Waals surface area contributed by atoms with Crippen LogP contribution in [0.25, 0.3) is 0 Å². The van der Waals surface area contributed by atoms with Gasteiger partial charge in [-0.3, -0.25) is 4.79 Å². The summed E-state index contributed by atoms with van der Waals surface area (Å²) in [6.07, 6.45) is 0. The number of anilines is 1. The molecule has 1 amide bonds. The molecule has 0 fully saturated rings. The summed E-state index contributed by atoms with van der Waals surface area (Å²) in [6, 6.07) is 12.9. The van der Waals surface area contributed by atoms with Crippen molar-refractivity contribution in [1.82, 2.24) is 0 Å². The lowest BCUT2D eigenvalue weighted by Gasteiger charge is -2.10. The highest BCUT2D eigenvalue weighted by atomic mass is 35.5. The van der Waals surface area contributed by atoms with Crippen molar-refractivity contribution in [2.75, 3.05) is 5.32 Å². The van der Waals surface area contributed by atoms with Gasteiger partial charge in [0.15, 0.2) is 5.76 Å². The van der Waals surface area contributed by atoms with E-state index in [-0.39, 0.29) is 23.3 Å². The number of ether oxygens (including phenoxy) is 1. The van der Waals surface area contributed by atoms with Crippen molar-refractivity contribution in [3.8, 4) is 5.75 Å². The minimum absolute atomic E-state index is 0.0715. The van der Waals surface area contributed by atoms with E-state index in [0.29, 0.717) is 11.5 Å². The summed E-state index contributed by atoms with van der Waals surface area (Å²) in [5.41, 5.74) is 2.71. The van der Waals surface area contributed by atoms with Gasteiger partial charge in [0.25, 0.3) is 5.91 Å². The summed E-state index contributed by atoms with van der Waals surface area (Å²) in [7, 11) is 0. The highest BCUT2D eigenvalue weighted by Crippen LogP contribution is 2.26. The van der Waals surface area contributed by atoms with Gasteiger partial charge in [-0.2, -0.15) is 0 Å². The van der Waals surface area contributed by atoms with Crippen LogP contribution in [0.4, 0.5) is 10.1 Å². The lowest BCUT2D eigenvalue weighted by molar-refractivity contribution is 0.0992.